The highest BCUT2D eigenvalue weighted by molar-refractivity contribution is 5.80. The smallest absolute Gasteiger partial charge is 0.223 e. The van der Waals surface area contributed by atoms with Crippen LogP contribution in [0.3, 0.4) is 0 Å². The van der Waals surface area contributed by atoms with E-state index in [-0.39, 0.29) is 17.4 Å². The van der Waals surface area contributed by atoms with Gasteiger partial charge in [0.05, 0.1) is 0 Å². The van der Waals surface area contributed by atoms with Crippen LogP contribution in [0.1, 0.15) is 54.4 Å². The predicted octanol–water partition coefficient (Wildman–Crippen LogP) is 2.66. The van der Waals surface area contributed by atoms with Crippen LogP contribution in [0.15, 0.2) is 0 Å². The van der Waals surface area contributed by atoms with Crippen molar-refractivity contribution in [2.45, 2.75) is 59.9 Å². The predicted molar refractivity (Wildman–Crippen MR) is 78.9 cm³/mol. The molecule has 1 N–H and O–H groups in total. The molecule has 2 aliphatic rings. The van der Waals surface area contributed by atoms with Gasteiger partial charge in [0.25, 0.3) is 0 Å². The largest absolute Gasteiger partial charge is 0.351 e. The summed E-state index contributed by atoms with van der Waals surface area (Å²) in [5.41, 5.74) is 0.761. The number of hydrogen-bond acceptors (Lipinski definition) is 2. The van der Waals surface area contributed by atoms with Crippen molar-refractivity contribution in [2.75, 3.05) is 19.6 Å². The zero-order valence-electron chi connectivity index (χ0n) is 13.5. The Morgan fingerprint density at radius 3 is 2.11 bits per heavy atom. The highest BCUT2D eigenvalue weighted by atomic mass is 16.2. The van der Waals surface area contributed by atoms with Crippen LogP contribution in [0.4, 0.5) is 0 Å². The van der Waals surface area contributed by atoms with Crippen LogP contribution in [-0.2, 0) is 4.79 Å². The third-order valence-corrected chi connectivity index (χ3v) is 4.04. The Kier molecular flexibility index (Phi) is 3.49. The highest BCUT2D eigenvalue weighted by Gasteiger charge is 2.54. The number of carbonyl (C=O) groups is 1. The zero-order valence-corrected chi connectivity index (χ0v) is 13.5. The van der Waals surface area contributed by atoms with Crippen LogP contribution < -0.4 is 5.32 Å². The zero-order chi connectivity index (χ0) is 14.5. The summed E-state index contributed by atoms with van der Waals surface area (Å²) >= 11 is 0. The molecule has 0 aromatic carbocycles. The third kappa shape index (κ3) is 3.71. The highest BCUT2D eigenvalue weighted by Crippen LogP contribution is 2.52. The van der Waals surface area contributed by atoms with Gasteiger partial charge in [0.1, 0.15) is 0 Å². The number of carbonyl (C=O) groups excluding carboxylic acids is 1. The second-order valence-electron chi connectivity index (χ2n) is 9.05. The van der Waals surface area contributed by atoms with E-state index in [0.29, 0.717) is 10.8 Å². The molecule has 19 heavy (non-hydrogen) atoms. The summed E-state index contributed by atoms with van der Waals surface area (Å²) in [4.78, 5) is 14.6. The van der Waals surface area contributed by atoms with E-state index in [1.807, 2.05) is 20.8 Å². The summed E-state index contributed by atoms with van der Waals surface area (Å²) in [6, 6.07) is 0. The lowest BCUT2D eigenvalue weighted by Crippen LogP contribution is -2.65. The van der Waals surface area contributed by atoms with Crippen molar-refractivity contribution < 1.29 is 4.79 Å². The molecule has 1 heterocycles. The van der Waals surface area contributed by atoms with E-state index in [0.717, 1.165) is 12.8 Å². The average molecular weight is 266 g/mol. The lowest BCUT2D eigenvalue weighted by Gasteiger charge is -2.60. The molecule has 1 saturated heterocycles. The van der Waals surface area contributed by atoms with Crippen molar-refractivity contribution >= 4 is 5.91 Å². The Hall–Kier alpha value is -0.570. The monoisotopic (exact) mass is 266 g/mol. The van der Waals surface area contributed by atoms with Crippen molar-refractivity contribution in [3.05, 3.63) is 0 Å². The first kappa shape index (κ1) is 14.8. The van der Waals surface area contributed by atoms with Gasteiger partial charge >= 0.3 is 0 Å². The summed E-state index contributed by atoms with van der Waals surface area (Å²) in [7, 11) is 0. The van der Waals surface area contributed by atoms with Gasteiger partial charge in [-0.05, 0) is 44.4 Å². The van der Waals surface area contributed by atoms with Crippen LogP contribution in [0.2, 0.25) is 0 Å². The van der Waals surface area contributed by atoms with Gasteiger partial charge in [-0.3, -0.25) is 4.79 Å². The number of hydrogen-bond donors (Lipinski definition) is 1. The molecule has 0 aromatic rings. The number of nitrogens with zero attached hydrogens (tertiary/aromatic N) is 1. The van der Waals surface area contributed by atoms with Gasteiger partial charge in [-0.2, -0.15) is 0 Å². The molecule has 1 spiro atoms. The molecule has 0 unspecified atom stereocenters. The summed E-state index contributed by atoms with van der Waals surface area (Å²) < 4.78 is 0. The molecule has 3 heteroatoms. The molecule has 1 saturated carbocycles. The minimum atomic E-state index is -0.0995. The maximum absolute atomic E-state index is 12.1. The Bertz CT molecular complexity index is 348. The van der Waals surface area contributed by atoms with E-state index >= 15 is 0 Å². The normalized spacial score (nSPS) is 23.9. The van der Waals surface area contributed by atoms with Gasteiger partial charge in [0.2, 0.25) is 5.91 Å². The molecule has 1 aliphatic heterocycles. The Balaban J connectivity index is 1.72. The van der Waals surface area contributed by atoms with Crippen LogP contribution >= 0.6 is 0 Å². The van der Waals surface area contributed by atoms with Gasteiger partial charge in [0.15, 0.2) is 0 Å². The van der Waals surface area contributed by atoms with Gasteiger partial charge in [-0.1, -0.05) is 20.8 Å². The molecular weight excluding hydrogens is 236 g/mol. The molecule has 0 bridgehead atoms. The van der Waals surface area contributed by atoms with Crippen LogP contribution in [0.25, 0.3) is 0 Å². The third-order valence-electron chi connectivity index (χ3n) is 4.04. The lowest BCUT2D eigenvalue weighted by molar-refractivity contribution is -0.147. The first-order valence-electron chi connectivity index (χ1n) is 7.53. The van der Waals surface area contributed by atoms with E-state index in [9.17, 15) is 4.79 Å². The fourth-order valence-corrected chi connectivity index (χ4v) is 3.59. The maximum atomic E-state index is 12.1. The first-order chi connectivity index (χ1) is 8.48. The number of nitrogens with one attached hydrogen (secondary N) is 1. The summed E-state index contributed by atoms with van der Waals surface area (Å²) in [6.07, 6.45) is 2.19. The van der Waals surface area contributed by atoms with E-state index in [2.05, 4.69) is 31.0 Å². The molecule has 0 radical (unpaired) electrons. The maximum Gasteiger partial charge on any atom is 0.223 e. The summed E-state index contributed by atoms with van der Waals surface area (Å²) in [6.45, 7) is 16.6. The minimum absolute atomic E-state index is 0.0995. The second kappa shape index (κ2) is 4.47. The van der Waals surface area contributed by atoms with Gasteiger partial charge in [-0.15, -0.1) is 0 Å². The van der Waals surface area contributed by atoms with Gasteiger partial charge in [-0.25, -0.2) is 0 Å². The fourth-order valence-electron chi connectivity index (χ4n) is 3.59. The molecule has 0 aromatic heterocycles. The van der Waals surface area contributed by atoms with Crippen molar-refractivity contribution in [1.29, 1.82) is 0 Å². The summed E-state index contributed by atoms with van der Waals surface area (Å²) in [5, 5.41) is 3.10. The topological polar surface area (TPSA) is 32.3 Å². The van der Waals surface area contributed by atoms with E-state index in [4.69, 9.17) is 0 Å². The van der Waals surface area contributed by atoms with Crippen molar-refractivity contribution in [3.63, 3.8) is 0 Å². The average Bonchev–Trinajstić information content (AvgIpc) is 2.00. The molecule has 1 aliphatic carbocycles. The molecule has 110 valence electrons. The first-order valence-corrected chi connectivity index (χ1v) is 7.53. The molecule has 2 rings (SSSR count). The summed E-state index contributed by atoms with van der Waals surface area (Å²) in [5.74, 6) is 0.517. The van der Waals surface area contributed by atoms with Gasteiger partial charge in [0, 0.05) is 31.1 Å². The lowest BCUT2D eigenvalue weighted by atomic mass is 9.57. The second-order valence-corrected chi connectivity index (χ2v) is 9.05. The van der Waals surface area contributed by atoms with E-state index < -0.39 is 0 Å². The number of amides is 1. The molecular formula is C16H30N2O. The van der Waals surface area contributed by atoms with Crippen LogP contribution in [0.5, 0.6) is 0 Å². The molecule has 3 nitrogen and oxygen atoms in total. The number of likely N-dealkylation sites (tertiary alicyclic amines) is 1. The Morgan fingerprint density at radius 2 is 1.68 bits per heavy atom. The van der Waals surface area contributed by atoms with Crippen LogP contribution in [0, 0.1) is 16.7 Å². The van der Waals surface area contributed by atoms with Gasteiger partial charge < -0.3 is 10.2 Å². The SMILES string of the molecule is CC(C)(C)CN1CC2(CC(C(=O)NC(C)(C)C)C2)C1. The van der Waals surface area contributed by atoms with E-state index in [1.54, 1.807) is 0 Å². The van der Waals surface area contributed by atoms with Crippen LogP contribution in [-0.4, -0.2) is 36.0 Å². The van der Waals surface area contributed by atoms with Crippen molar-refractivity contribution in [2.24, 2.45) is 16.7 Å². The van der Waals surface area contributed by atoms with Crippen molar-refractivity contribution in [1.82, 2.24) is 10.2 Å². The quantitative estimate of drug-likeness (QED) is 0.833. The fraction of sp³-hybridized carbons (Fsp3) is 0.938. The van der Waals surface area contributed by atoms with E-state index in [1.165, 1.54) is 19.6 Å². The Morgan fingerprint density at radius 1 is 1.16 bits per heavy atom. The Labute approximate surface area is 118 Å². The number of rotatable bonds is 2. The molecule has 1 amide bonds. The standard InChI is InChI=1S/C16H30N2O/c1-14(2,3)9-18-10-16(11-18)7-12(8-16)13(19)17-15(4,5)6/h12H,7-11H2,1-6H3,(H,17,19). The molecule has 0 atom stereocenters. The van der Waals surface area contributed by atoms with Crippen molar-refractivity contribution in [3.8, 4) is 0 Å². The minimum Gasteiger partial charge on any atom is -0.351 e. The molecule has 2 fully saturated rings.